The van der Waals surface area contributed by atoms with Gasteiger partial charge in [0.2, 0.25) is 0 Å². The lowest BCUT2D eigenvalue weighted by molar-refractivity contribution is -0.385. The third kappa shape index (κ3) is 2.35. The molecule has 0 aliphatic heterocycles. The van der Waals surface area contributed by atoms with Crippen molar-refractivity contribution in [3.63, 3.8) is 0 Å². The van der Waals surface area contributed by atoms with E-state index in [-0.39, 0.29) is 17.4 Å². The lowest BCUT2D eigenvalue weighted by Crippen LogP contribution is -2.04. The molecule has 6 heteroatoms. The summed E-state index contributed by atoms with van der Waals surface area (Å²) in [6, 6.07) is 2.71. The topological polar surface area (TPSA) is 60.2 Å². The molecule has 1 aromatic rings. The molecule has 0 bridgehead atoms. The summed E-state index contributed by atoms with van der Waals surface area (Å²) >= 11 is 8.57. The number of rotatable bonds is 3. The number of carbonyl (C=O) groups excluding carboxylic acids is 1. The predicted octanol–water partition coefficient (Wildman–Crippen LogP) is 3.09. The molecule has 0 heterocycles. The van der Waals surface area contributed by atoms with Crippen LogP contribution in [0.5, 0.6) is 0 Å². The molecule has 0 saturated heterocycles. The fourth-order valence-electron chi connectivity index (χ4n) is 1.16. The Bertz CT molecular complexity index is 434. The van der Waals surface area contributed by atoms with Crippen molar-refractivity contribution in [1.82, 2.24) is 0 Å². The summed E-state index contributed by atoms with van der Waals surface area (Å²) in [4.78, 5) is 21.4. The number of carbonyl (C=O) groups is 1. The van der Waals surface area contributed by atoms with Crippen LogP contribution < -0.4 is 0 Å². The van der Waals surface area contributed by atoms with Crippen molar-refractivity contribution in [3.05, 3.63) is 37.8 Å². The standard InChI is InChI=1S/C9H7BrClNO3/c1-5-7(12(14)15)3-2-6(9(5)10)8(13)4-11/h2-3H,4H2,1H3. The Morgan fingerprint density at radius 1 is 1.60 bits per heavy atom. The van der Waals surface area contributed by atoms with Crippen molar-refractivity contribution in [2.45, 2.75) is 6.92 Å². The van der Waals surface area contributed by atoms with E-state index in [0.29, 0.717) is 15.6 Å². The van der Waals surface area contributed by atoms with E-state index in [1.165, 1.54) is 12.1 Å². The lowest BCUT2D eigenvalue weighted by Gasteiger charge is -2.04. The van der Waals surface area contributed by atoms with Crippen LogP contribution in [0.1, 0.15) is 15.9 Å². The summed E-state index contributed by atoms with van der Waals surface area (Å²) in [7, 11) is 0. The first-order valence-corrected chi connectivity index (χ1v) is 5.34. The van der Waals surface area contributed by atoms with Gasteiger partial charge >= 0.3 is 0 Å². The number of nitro groups is 1. The van der Waals surface area contributed by atoms with Gasteiger partial charge < -0.3 is 0 Å². The fraction of sp³-hybridized carbons (Fsp3) is 0.222. The van der Waals surface area contributed by atoms with Gasteiger partial charge in [-0.25, -0.2) is 0 Å². The minimum Gasteiger partial charge on any atom is -0.293 e. The van der Waals surface area contributed by atoms with Gasteiger partial charge in [-0.05, 0) is 28.9 Å². The van der Waals surface area contributed by atoms with Gasteiger partial charge in [0.1, 0.15) is 0 Å². The Kier molecular flexibility index (Phi) is 3.82. The van der Waals surface area contributed by atoms with Crippen molar-refractivity contribution in [2.24, 2.45) is 0 Å². The molecular formula is C9H7BrClNO3. The number of benzene rings is 1. The molecule has 0 aliphatic carbocycles. The van der Waals surface area contributed by atoms with E-state index in [4.69, 9.17) is 11.6 Å². The highest BCUT2D eigenvalue weighted by atomic mass is 79.9. The number of nitrogens with zero attached hydrogens (tertiary/aromatic N) is 1. The lowest BCUT2D eigenvalue weighted by atomic mass is 10.1. The van der Waals surface area contributed by atoms with E-state index in [1.54, 1.807) is 6.92 Å². The third-order valence-corrected chi connectivity index (χ3v) is 3.24. The zero-order valence-electron chi connectivity index (χ0n) is 7.79. The second kappa shape index (κ2) is 4.72. The largest absolute Gasteiger partial charge is 0.293 e. The Balaban J connectivity index is 3.33. The first kappa shape index (κ1) is 12.1. The monoisotopic (exact) mass is 291 g/mol. The van der Waals surface area contributed by atoms with Gasteiger partial charge in [-0.15, -0.1) is 11.6 Å². The third-order valence-electron chi connectivity index (χ3n) is 1.98. The fourth-order valence-corrected chi connectivity index (χ4v) is 1.86. The Morgan fingerprint density at radius 3 is 2.67 bits per heavy atom. The van der Waals surface area contributed by atoms with Crippen LogP contribution in [-0.4, -0.2) is 16.6 Å². The number of halogens is 2. The van der Waals surface area contributed by atoms with Gasteiger partial charge in [0.15, 0.2) is 5.78 Å². The molecule has 0 aliphatic rings. The van der Waals surface area contributed by atoms with E-state index < -0.39 is 4.92 Å². The van der Waals surface area contributed by atoms with Crippen molar-refractivity contribution in [2.75, 3.05) is 5.88 Å². The summed E-state index contributed by atoms with van der Waals surface area (Å²) in [5.74, 6) is -0.405. The number of Topliss-reactive ketones (excluding diaryl/α,β-unsaturated/α-hetero) is 1. The van der Waals surface area contributed by atoms with Crippen molar-refractivity contribution >= 4 is 39.0 Å². The molecule has 0 saturated carbocycles. The molecule has 0 aromatic heterocycles. The van der Waals surface area contributed by atoms with Gasteiger partial charge in [0.05, 0.1) is 10.8 Å². The van der Waals surface area contributed by atoms with Crippen LogP contribution in [0.2, 0.25) is 0 Å². The first-order valence-electron chi connectivity index (χ1n) is 4.01. The highest BCUT2D eigenvalue weighted by Crippen LogP contribution is 2.29. The van der Waals surface area contributed by atoms with Crippen LogP contribution in [0.4, 0.5) is 5.69 Å². The van der Waals surface area contributed by atoms with Crippen LogP contribution in [0.3, 0.4) is 0 Å². The van der Waals surface area contributed by atoms with Crippen LogP contribution in [0.25, 0.3) is 0 Å². The average molecular weight is 293 g/mol. The van der Waals surface area contributed by atoms with E-state index in [2.05, 4.69) is 15.9 Å². The predicted molar refractivity (Wildman–Crippen MR) is 60.6 cm³/mol. The number of hydrogen-bond acceptors (Lipinski definition) is 3. The van der Waals surface area contributed by atoms with Gasteiger partial charge in [0, 0.05) is 21.7 Å². The molecular weight excluding hydrogens is 285 g/mol. The SMILES string of the molecule is Cc1c([N+](=O)[O-])ccc(C(=O)CCl)c1Br. The Labute approximate surface area is 99.5 Å². The highest BCUT2D eigenvalue weighted by molar-refractivity contribution is 9.10. The van der Waals surface area contributed by atoms with E-state index in [0.717, 1.165) is 0 Å². The minimum absolute atomic E-state index is 0.0204. The van der Waals surface area contributed by atoms with E-state index in [9.17, 15) is 14.9 Å². The number of nitro benzene ring substituents is 1. The molecule has 4 nitrogen and oxygen atoms in total. The van der Waals surface area contributed by atoms with Gasteiger partial charge in [-0.1, -0.05) is 0 Å². The first-order chi connectivity index (χ1) is 6.99. The van der Waals surface area contributed by atoms with E-state index >= 15 is 0 Å². The van der Waals surface area contributed by atoms with Crippen LogP contribution in [-0.2, 0) is 0 Å². The van der Waals surface area contributed by atoms with Crippen LogP contribution in [0, 0.1) is 17.0 Å². The van der Waals surface area contributed by atoms with Gasteiger partial charge in [-0.2, -0.15) is 0 Å². The molecule has 80 valence electrons. The summed E-state index contributed by atoms with van der Waals surface area (Å²) in [6.45, 7) is 1.58. The number of hydrogen-bond donors (Lipinski definition) is 0. The van der Waals surface area contributed by atoms with Crippen molar-refractivity contribution in [1.29, 1.82) is 0 Å². The normalized spacial score (nSPS) is 10.1. The molecule has 0 radical (unpaired) electrons. The molecule has 1 rings (SSSR count). The molecule has 0 amide bonds. The molecule has 0 unspecified atom stereocenters. The van der Waals surface area contributed by atoms with Crippen molar-refractivity contribution < 1.29 is 9.72 Å². The summed E-state index contributed by atoms with van der Waals surface area (Å²) in [5, 5.41) is 10.6. The quantitative estimate of drug-likeness (QED) is 0.372. The highest BCUT2D eigenvalue weighted by Gasteiger charge is 2.18. The zero-order valence-corrected chi connectivity index (χ0v) is 10.1. The summed E-state index contributed by atoms with van der Waals surface area (Å²) in [5.41, 5.74) is 0.775. The molecule has 0 atom stereocenters. The number of ketones is 1. The maximum absolute atomic E-state index is 11.3. The van der Waals surface area contributed by atoms with Gasteiger partial charge in [0.25, 0.3) is 5.69 Å². The van der Waals surface area contributed by atoms with Gasteiger partial charge in [-0.3, -0.25) is 14.9 Å². The summed E-state index contributed by atoms with van der Waals surface area (Å²) < 4.78 is 0.433. The molecule has 0 N–H and O–H groups in total. The van der Waals surface area contributed by atoms with Crippen LogP contribution in [0.15, 0.2) is 16.6 Å². The van der Waals surface area contributed by atoms with E-state index in [1.807, 2.05) is 0 Å². The zero-order chi connectivity index (χ0) is 11.6. The van der Waals surface area contributed by atoms with Crippen LogP contribution >= 0.6 is 27.5 Å². The molecule has 0 fully saturated rings. The smallest absolute Gasteiger partial charge is 0.273 e. The Morgan fingerprint density at radius 2 is 2.20 bits per heavy atom. The average Bonchev–Trinajstić information content (AvgIpc) is 2.20. The van der Waals surface area contributed by atoms with Crippen molar-refractivity contribution in [3.8, 4) is 0 Å². The second-order valence-electron chi connectivity index (χ2n) is 2.89. The number of alkyl halides is 1. The molecule has 1 aromatic carbocycles. The Hall–Kier alpha value is -0.940. The summed E-state index contributed by atoms with van der Waals surface area (Å²) in [6.07, 6.45) is 0. The second-order valence-corrected chi connectivity index (χ2v) is 3.95. The molecule has 0 spiro atoms. The maximum atomic E-state index is 11.3. The maximum Gasteiger partial charge on any atom is 0.273 e. The molecule has 15 heavy (non-hydrogen) atoms. The minimum atomic E-state index is -0.491.